The average Bonchev–Trinajstić information content (AvgIpc) is 2.64. The Kier molecular flexibility index (Phi) is 4.57. The maximum atomic E-state index is 11.7. The molecule has 4 heteroatoms. The highest BCUT2D eigenvalue weighted by molar-refractivity contribution is 5.68. The zero-order valence-electron chi connectivity index (χ0n) is 11.2. The Morgan fingerprint density at radius 3 is 2.59 bits per heavy atom. The molecule has 1 aliphatic rings. The Hall–Kier alpha value is -1.03. The number of nitrogens with one attached hydrogen (secondary N) is 1. The van der Waals surface area contributed by atoms with Crippen LogP contribution in [0.2, 0.25) is 0 Å². The maximum Gasteiger partial charge on any atom is 0.407 e. The standard InChI is InChI=1S/C13H23NO3/c1-9(2)11(13(3,4)5)14-12(15)17-10-6-7-16-8-10/h10-11H,1,6-8H2,2-5H3,(H,14,15). The summed E-state index contributed by atoms with van der Waals surface area (Å²) in [6.07, 6.45) is 0.282. The summed E-state index contributed by atoms with van der Waals surface area (Å²) >= 11 is 0. The van der Waals surface area contributed by atoms with E-state index < -0.39 is 0 Å². The summed E-state index contributed by atoms with van der Waals surface area (Å²) in [6.45, 7) is 13.2. The minimum atomic E-state index is -0.386. The number of carbonyl (C=O) groups is 1. The molecule has 4 nitrogen and oxygen atoms in total. The van der Waals surface area contributed by atoms with Crippen LogP contribution >= 0.6 is 0 Å². The summed E-state index contributed by atoms with van der Waals surface area (Å²) in [5.41, 5.74) is 0.855. The van der Waals surface area contributed by atoms with Gasteiger partial charge in [-0.05, 0) is 12.3 Å². The second-order valence-electron chi connectivity index (χ2n) is 5.68. The van der Waals surface area contributed by atoms with Gasteiger partial charge in [0.1, 0.15) is 6.10 Å². The molecule has 0 aromatic carbocycles. The van der Waals surface area contributed by atoms with Gasteiger partial charge >= 0.3 is 6.09 Å². The number of rotatable bonds is 3. The monoisotopic (exact) mass is 241 g/mol. The molecular weight excluding hydrogens is 218 g/mol. The van der Waals surface area contributed by atoms with Crippen molar-refractivity contribution in [2.45, 2.75) is 46.3 Å². The van der Waals surface area contributed by atoms with E-state index >= 15 is 0 Å². The minimum absolute atomic E-state index is 0.0724. The van der Waals surface area contributed by atoms with E-state index in [2.05, 4.69) is 32.7 Å². The average molecular weight is 241 g/mol. The maximum absolute atomic E-state index is 11.7. The second-order valence-corrected chi connectivity index (χ2v) is 5.68. The predicted molar refractivity (Wildman–Crippen MR) is 66.9 cm³/mol. The van der Waals surface area contributed by atoms with Crippen molar-refractivity contribution in [3.8, 4) is 0 Å². The molecule has 1 saturated heterocycles. The first-order valence-corrected chi connectivity index (χ1v) is 6.01. The smallest absolute Gasteiger partial charge is 0.407 e. The van der Waals surface area contributed by atoms with Crippen LogP contribution in [0.1, 0.15) is 34.1 Å². The molecule has 0 bridgehead atoms. The van der Waals surface area contributed by atoms with Crippen LogP contribution in [0, 0.1) is 5.41 Å². The molecule has 0 aromatic heterocycles. The van der Waals surface area contributed by atoms with Gasteiger partial charge in [-0.15, -0.1) is 0 Å². The van der Waals surface area contributed by atoms with E-state index in [-0.39, 0.29) is 23.7 Å². The topological polar surface area (TPSA) is 47.6 Å². The van der Waals surface area contributed by atoms with Crippen molar-refractivity contribution in [3.63, 3.8) is 0 Å². The molecule has 0 aliphatic carbocycles. The van der Waals surface area contributed by atoms with E-state index in [4.69, 9.17) is 9.47 Å². The molecule has 1 fully saturated rings. The molecule has 0 aromatic rings. The molecule has 2 unspecified atom stereocenters. The quantitative estimate of drug-likeness (QED) is 0.772. The molecule has 0 saturated carbocycles. The normalized spacial score (nSPS) is 22.0. The van der Waals surface area contributed by atoms with Gasteiger partial charge in [-0.2, -0.15) is 0 Å². The zero-order chi connectivity index (χ0) is 13.1. The van der Waals surface area contributed by atoms with Gasteiger partial charge in [-0.1, -0.05) is 32.9 Å². The Bertz CT molecular complexity index is 288. The lowest BCUT2D eigenvalue weighted by Gasteiger charge is -2.31. The van der Waals surface area contributed by atoms with Crippen molar-refractivity contribution in [3.05, 3.63) is 12.2 Å². The number of ether oxygens (including phenoxy) is 2. The molecular formula is C13H23NO3. The first-order chi connectivity index (χ1) is 7.80. The molecule has 98 valence electrons. The highest BCUT2D eigenvalue weighted by Gasteiger charge is 2.28. The number of carbonyl (C=O) groups excluding carboxylic acids is 1. The fraction of sp³-hybridized carbons (Fsp3) is 0.769. The SMILES string of the molecule is C=C(C)C(NC(=O)OC1CCOC1)C(C)(C)C. The van der Waals surface area contributed by atoms with Crippen LogP contribution in [0.15, 0.2) is 12.2 Å². The first-order valence-electron chi connectivity index (χ1n) is 6.01. The molecule has 1 N–H and O–H groups in total. The Morgan fingerprint density at radius 1 is 1.53 bits per heavy atom. The van der Waals surface area contributed by atoms with Crippen LogP contribution < -0.4 is 5.32 Å². The van der Waals surface area contributed by atoms with Gasteiger partial charge in [0, 0.05) is 6.42 Å². The summed E-state index contributed by atoms with van der Waals surface area (Å²) in [6, 6.07) is -0.0858. The molecule has 1 amide bonds. The summed E-state index contributed by atoms with van der Waals surface area (Å²) < 4.78 is 10.4. The lowest BCUT2D eigenvalue weighted by molar-refractivity contribution is 0.0780. The largest absolute Gasteiger partial charge is 0.444 e. The van der Waals surface area contributed by atoms with Gasteiger partial charge in [0.05, 0.1) is 19.3 Å². The van der Waals surface area contributed by atoms with Crippen LogP contribution in [0.25, 0.3) is 0 Å². The van der Waals surface area contributed by atoms with Crippen LogP contribution in [0.5, 0.6) is 0 Å². The molecule has 1 aliphatic heterocycles. The number of alkyl carbamates (subject to hydrolysis) is 1. The van der Waals surface area contributed by atoms with Gasteiger partial charge in [0.25, 0.3) is 0 Å². The van der Waals surface area contributed by atoms with E-state index in [1.165, 1.54) is 0 Å². The summed E-state index contributed by atoms with van der Waals surface area (Å²) in [4.78, 5) is 11.7. The molecule has 0 radical (unpaired) electrons. The van der Waals surface area contributed by atoms with E-state index in [0.29, 0.717) is 13.2 Å². The van der Waals surface area contributed by atoms with Crippen LogP contribution in [0.4, 0.5) is 4.79 Å². The Morgan fingerprint density at radius 2 is 2.18 bits per heavy atom. The van der Waals surface area contributed by atoms with Gasteiger partial charge in [0.15, 0.2) is 0 Å². The summed E-state index contributed by atoms with van der Waals surface area (Å²) in [5, 5.41) is 2.87. The third-order valence-corrected chi connectivity index (χ3v) is 2.78. The number of amides is 1. The molecule has 2 atom stereocenters. The van der Waals surface area contributed by atoms with Crippen molar-refractivity contribution in [1.29, 1.82) is 0 Å². The predicted octanol–water partition coefficient (Wildman–Crippen LogP) is 2.49. The second kappa shape index (κ2) is 5.54. The summed E-state index contributed by atoms with van der Waals surface area (Å²) in [7, 11) is 0. The zero-order valence-corrected chi connectivity index (χ0v) is 11.2. The van der Waals surface area contributed by atoms with Crippen molar-refractivity contribution in [2.75, 3.05) is 13.2 Å². The van der Waals surface area contributed by atoms with E-state index in [1.807, 2.05) is 6.92 Å². The van der Waals surface area contributed by atoms with Crippen molar-refractivity contribution in [2.24, 2.45) is 5.41 Å². The molecule has 0 spiro atoms. The lowest BCUT2D eigenvalue weighted by atomic mass is 9.83. The molecule has 1 heterocycles. The lowest BCUT2D eigenvalue weighted by Crippen LogP contribution is -2.45. The van der Waals surface area contributed by atoms with E-state index in [1.54, 1.807) is 0 Å². The van der Waals surface area contributed by atoms with Crippen molar-refractivity contribution >= 4 is 6.09 Å². The van der Waals surface area contributed by atoms with Gasteiger partial charge in [0.2, 0.25) is 0 Å². The number of hydrogen-bond donors (Lipinski definition) is 1. The van der Waals surface area contributed by atoms with Crippen molar-refractivity contribution in [1.82, 2.24) is 5.32 Å². The third kappa shape index (κ3) is 4.38. The van der Waals surface area contributed by atoms with Crippen LogP contribution in [-0.4, -0.2) is 31.5 Å². The van der Waals surface area contributed by atoms with Crippen LogP contribution in [-0.2, 0) is 9.47 Å². The minimum Gasteiger partial charge on any atom is -0.444 e. The van der Waals surface area contributed by atoms with E-state index in [0.717, 1.165) is 12.0 Å². The summed E-state index contributed by atoms with van der Waals surface area (Å²) in [5.74, 6) is 0. The fourth-order valence-electron chi connectivity index (χ4n) is 1.99. The van der Waals surface area contributed by atoms with Gasteiger partial charge < -0.3 is 14.8 Å². The number of hydrogen-bond acceptors (Lipinski definition) is 3. The highest BCUT2D eigenvalue weighted by Crippen LogP contribution is 2.24. The third-order valence-electron chi connectivity index (χ3n) is 2.78. The van der Waals surface area contributed by atoms with Gasteiger partial charge in [-0.25, -0.2) is 4.79 Å². The first kappa shape index (κ1) is 14.0. The Balaban J connectivity index is 2.49. The van der Waals surface area contributed by atoms with Crippen molar-refractivity contribution < 1.29 is 14.3 Å². The molecule has 17 heavy (non-hydrogen) atoms. The fourth-order valence-corrected chi connectivity index (χ4v) is 1.99. The highest BCUT2D eigenvalue weighted by atomic mass is 16.6. The molecule has 1 rings (SSSR count). The van der Waals surface area contributed by atoms with E-state index in [9.17, 15) is 4.79 Å². The Labute approximate surface area is 103 Å². The van der Waals surface area contributed by atoms with Gasteiger partial charge in [-0.3, -0.25) is 0 Å². The van der Waals surface area contributed by atoms with Crippen LogP contribution in [0.3, 0.4) is 0 Å².